The van der Waals surface area contributed by atoms with Crippen LogP contribution in [0.2, 0.25) is 0 Å². The van der Waals surface area contributed by atoms with Crippen LogP contribution in [0.3, 0.4) is 0 Å². The number of rotatable bonds is 5. The summed E-state index contributed by atoms with van der Waals surface area (Å²) in [4.78, 5) is 10.6. The highest BCUT2D eigenvalue weighted by Gasteiger charge is 2.15. The first-order valence-corrected chi connectivity index (χ1v) is 4.82. The number of nitrogens with two attached hydrogens (primary N) is 1. The molecular formula is C9H18N2O2. The van der Waals surface area contributed by atoms with E-state index in [1.807, 2.05) is 0 Å². The largest absolute Gasteiger partial charge is 0.369 e. The summed E-state index contributed by atoms with van der Waals surface area (Å²) in [5, 5.41) is 3.29. The van der Waals surface area contributed by atoms with E-state index >= 15 is 0 Å². The van der Waals surface area contributed by atoms with Gasteiger partial charge in [0.2, 0.25) is 5.91 Å². The van der Waals surface area contributed by atoms with Gasteiger partial charge in [-0.25, -0.2) is 0 Å². The molecule has 0 aromatic carbocycles. The molecule has 0 saturated carbocycles. The summed E-state index contributed by atoms with van der Waals surface area (Å²) in [6, 6.07) is 0. The molecule has 0 radical (unpaired) electrons. The summed E-state index contributed by atoms with van der Waals surface area (Å²) < 4.78 is 5.26. The van der Waals surface area contributed by atoms with Crippen molar-refractivity contribution in [2.75, 3.05) is 19.7 Å². The standard InChI is InChI=1S/C9H18N2O2/c1-7(9(10)12)13-5-3-8-2-4-11-6-8/h7-8,11H,2-6H2,1H3,(H2,10,12). The van der Waals surface area contributed by atoms with E-state index in [9.17, 15) is 4.79 Å². The minimum absolute atomic E-state index is 0.385. The van der Waals surface area contributed by atoms with E-state index in [2.05, 4.69) is 5.32 Å². The highest BCUT2D eigenvalue weighted by atomic mass is 16.5. The van der Waals surface area contributed by atoms with Crippen LogP contribution < -0.4 is 11.1 Å². The molecule has 2 atom stereocenters. The van der Waals surface area contributed by atoms with E-state index < -0.39 is 6.10 Å². The van der Waals surface area contributed by atoms with Crippen molar-refractivity contribution in [3.05, 3.63) is 0 Å². The molecule has 0 aliphatic carbocycles. The Balaban J connectivity index is 2.02. The van der Waals surface area contributed by atoms with Gasteiger partial charge in [-0.2, -0.15) is 0 Å². The highest BCUT2D eigenvalue weighted by Crippen LogP contribution is 2.12. The summed E-state index contributed by atoms with van der Waals surface area (Å²) in [7, 11) is 0. The van der Waals surface area contributed by atoms with Crippen LogP contribution >= 0.6 is 0 Å². The lowest BCUT2D eigenvalue weighted by atomic mass is 10.1. The topological polar surface area (TPSA) is 64.3 Å². The summed E-state index contributed by atoms with van der Waals surface area (Å²) in [5.74, 6) is 0.324. The van der Waals surface area contributed by atoms with E-state index in [4.69, 9.17) is 10.5 Å². The molecule has 0 bridgehead atoms. The maximum Gasteiger partial charge on any atom is 0.246 e. The second-order valence-electron chi connectivity index (χ2n) is 3.56. The number of hydrogen-bond acceptors (Lipinski definition) is 3. The van der Waals surface area contributed by atoms with Crippen molar-refractivity contribution in [1.29, 1.82) is 0 Å². The Labute approximate surface area is 78.8 Å². The Morgan fingerprint density at radius 3 is 3.08 bits per heavy atom. The second-order valence-corrected chi connectivity index (χ2v) is 3.56. The van der Waals surface area contributed by atoms with Gasteiger partial charge >= 0.3 is 0 Å². The minimum Gasteiger partial charge on any atom is -0.369 e. The van der Waals surface area contributed by atoms with Crippen molar-refractivity contribution < 1.29 is 9.53 Å². The van der Waals surface area contributed by atoms with Crippen LogP contribution in [0.5, 0.6) is 0 Å². The van der Waals surface area contributed by atoms with Crippen LogP contribution in [0.15, 0.2) is 0 Å². The molecule has 0 spiro atoms. The fourth-order valence-corrected chi connectivity index (χ4v) is 1.45. The number of ether oxygens (including phenoxy) is 1. The number of carbonyl (C=O) groups excluding carboxylic acids is 1. The third kappa shape index (κ3) is 3.74. The first-order chi connectivity index (χ1) is 6.20. The predicted molar refractivity (Wildman–Crippen MR) is 50.2 cm³/mol. The molecule has 2 unspecified atom stereocenters. The zero-order valence-corrected chi connectivity index (χ0v) is 8.08. The molecule has 76 valence electrons. The van der Waals surface area contributed by atoms with Crippen LogP contribution in [0.25, 0.3) is 0 Å². The monoisotopic (exact) mass is 186 g/mol. The van der Waals surface area contributed by atoms with E-state index in [1.54, 1.807) is 6.92 Å². The summed E-state index contributed by atoms with van der Waals surface area (Å²) in [5.41, 5.74) is 5.05. The number of carbonyl (C=O) groups is 1. The lowest BCUT2D eigenvalue weighted by Gasteiger charge is -2.11. The van der Waals surface area contributed by atoms with Gasteiger partial charge in [0.1, 0.15) is 6.10 Å². The minimum atomic E-state index is -0.450. The molecule has 1 amide bonds. The van der Waals surface area contributed by atoms with Crippen molar-refractivity contribution in [3.8, 4) is 0 Å². The number of hydrogen-bond donors (Lipinski definition) is 2. The SMILES string of the molecule is CC(OCCC1CCNC1)C(N)=O. The molecule has 3 N–H and O–H groups in total. The van der Waals surface area contributed by atoms with Crippen LogP contribution in [0, 0.1) is 5.92 Å². The van der Waals surface area contributed by atoms with Gasteiger partial charge in [0.05, 0.1) is 0 Å². The lowest BCUT2D eigenvalue weighted by molar-refractivity contribution is -0.128. The molecule has 1 heterocycles. The molecular weight excluding hydrogens is 168 g/mol. The van der Waals surface area contributed by atoms with Gasteiger partial charge in [-0.05, 0) is 38.8 Å². The summed E-state index contributed by atoms with van der Waals surface area (Å²) in [6.45, 7) is 4.51. The van der Waals surface area contributed by atoms with E-state index in [-0.39, 0.29) is 5.91 Å². The van der Waals surface area contributed by atoms with Gasteiger partial charge in [-0.1, -0.05) is 0 Å². The average molecular weight is 186 g/mol. The third-order valence-corrected chi connectivity index (χ3v) is 2.46. The molecule has 4 heteroatoms. The Morgan fingerprint density at radius 2 is 2.54 bits per heavy atom. The normalized spacial score (nSPS) is 24.5. The lowest BCUT2D eigenvalue weighted by Crippen LogP contribution is -2.29. The Morgan fingerprint density at radius 1 is 1.77 bits per heavy atom. The van der Waals surface area contributed by atoms with Gasteiger partial charge in [-0.15, -0.1) is 0 Å². The van der Waals surface area contributed by atoms with Crippen molar-refractivity contribution in [2.45, 2.75) is 25.9 Å². The molecule has 13 heavy (non-hydrogen) atoms. The van der Waals surface area contributed by atoms with Crippen LogP contribution in [0.1, 0.15) is 19.8 Å². The number of amides is 1. The van der Waals surface area contributed by atoms with Crippen LogP contribution in [-0.4, -0.2) is 31.7 Å². The van der Waals surface area contributed by atoms with Gasteiger partial charge in [0.25, 0.3) is 0 Å². The molecule has 1 rings (SSSR count). The third-order valence-electron chi connectivity index (χ3n) is 2.46. The molecule has 0 aromatic rings. The first-order valence-electron chi connectivity index (χ1n) is 4.82. The zero-order chi connectivity index (χ0) is 9.68. The predicted octanol–water partition coefficient (Wildman–Crippen LogP) is -0.124. The summed E-state index contributed by atoms with van der Waals surface area (Å²) >= 11 is 0. The number of primary amides is 1. The van der Waals surface area contributed by atoms with Crippen molar-refractivity contribution in [3.63, 3.8) is 0 Å². The quantitative estimate of drug-likeness (QED) is 0.629. The highest BCUT2D eigenvalue weighted by molar-refractivity contribution is 5.78. The van der Waals surface area contributed by atoms with E-state index in [1.165, 1.54) is 6.42 Å². The smallest absolute Gasteiger partial charge is 0.246 e. The fraction of sp³-hybridized carbons (Fsp3) is 0.889. The molecule has 1 saturated heterocycles. The molecule has 1 aliphatic heterocycles. The van der Waals surface area contributed by atoms with Crippen molar-refractivity contribution >= 4 is 5.91 Å². The maximum atomic E-state index is 10.6. The molecule has 1 aliphatic rings. The molecule has 0 aromatic heterocycles. The van der Waals surface area contributed by atoms with Crippen LogP contribution in [0.4, 0.5) is 0 Å². The van der Waals surface area contributed by atoms with Crippen molar-refractivity contribution in [2.24, 2.45) is 11.7 Å². The van der Waals surface area contributed by atoms with Gasteiger partial charge in [-0.3, -0.25) is 4.79 Å². The summed E-state index contributed by atoms with van der Waals surface area (Å²) in [6.07, 6.45) is 1.79. The first kappa shape index (κ1) is 10.5. The van der Waals surface area contributed by atoms with Gasteiger partial charge < -0.3 is 15.8 Å². The van der Waals surface area contributed by atoms with Crippen molar-refractivity contribution in [1.82, 2.24) is 5.32 Å². The number of nitrogens with one attached hydrogen (secondary N) is 1. The van der Waals surface area contributed by atoms with E-state index in [0.29, 0.717) is 12.5 Å². The van der Waals surface area contributed by atoms with Gasteiger partial charge in [0, 0.05) is 6.61 Å². The Hall–Kier alpha value is -0.610. The molecule has 1 fully saturated rings. The van der Waals surface area contributed by atoms with Crippen LogP contribution in [-0.2, 0) is 9.53 Å². The Kier molecular flexibility index (Phi) is 4.18. The maximum absolute atomic E-state index is 10.6. The second kappa shape index (κ2) is 5.19. The zero-order valence-electron chi connectivity index (χ0n) is 8.08. The Bertz CT molecular complexity index is 167. The van der Waals surface area contributed by atoms with E-state index in [0.717, 1.165) is 19.5 Å². The average Bonchev–Trinajstić information content (AvgIpc) is 2.56. The van der Waals surface area contributed by atoms with Gasteiger partial charge in [0.15, 0.2) is 0 Å². The molecule has 4 nitrogen and oxygen atoms in total. The fourth-order valence-electron chi connectivity index (χ4n) is 1.45.